The van der Waals surface area contributed by atoms with E-state index < -0.39 is 33.6 Å². The number of amides is 2. The average Bonchev–Trinajstić information content (AvgIpc) is 2.91. The van der Waals surface area contributed by atoms with Gasteiger partial charge in [-0.05, 0) is 56.0 Å². The van der Waals surface area contributed by atoms with Crippen LogP contribution >= 0.6 is 0 Å². The number of sulfonamides is 1. The van der Waals surface area contributed by atoms with Gasteiger partial charge in [0.2, 0.25) is 21.8 Å². The fourth-order valence-electron chi connectivity index (χ4n) is 4.68. The van der Waals surface area contributed by atoms with E-state index in [4.69, 9.17) is 0 Å². The lowest BCUT2D eigenvalue weighted by Crippen LogP contribution is -2.59. The Labute approximate surface area is 252 Å². The van der Waals surface area contributed by atoms with Crippen molar-refractivity contribution in [3.8, 4) is 0 Å². The Hall–Kier alpha value is -2.79. The highest BCUT2D eigenvalue weighted by Gasteiger charge is 2.39. The minimum Gasteiger partial charge on any atom is -0.390 e. The normalized spacial score (nSPS) is 14.6. The van der Waals surface area contributed by atoms with Crippen LogP contribution in [0.2, 0.25) is 0 Å². The number of aliphatic hydroxyl groups is 1. The molecule has 0 aliphatic heterocycles. The number of hydrogen-bond acceptors (Lipinski definition) is 6. The second-order valence-electron chi connectivity index (χ2n) is 12.7. The molecule has 2 aromatic carbocycles. The fraction of sp³-hybridized carbons (Fsp3) is 0.562. The predicted molar refractivity (Wildman–Crippen MR) is 167 cm³/mol. The van der Waals surface area contributed by atoms with Gasteiger partial charge in [-0.1, -0.05) is 83.1 Å². The van der Waals surface area contributed by atoms with Gasteiger partial charge >= 0.3 is 0 Å². The molecule has 0 aromatic heterocycles. The lowest BCUT2D eigenvalue weighted by atomic mass is 9.85. The summed E-state index contributed by atoms with van der Waals surface area (Å²) in [5.74, 6) is -0.386. The first-order valence-corrected chi connectivity index (χ1v) is 16.0. The molecular formula is C32H50N4O5S. The minimum atomic E-state index is -3.90. The third-order valence-electron chi connectivity index (χ3n) is 7.18. The number of nitrogens with zero attached hydrogens (tertiary/aromatic N) is 3. The summed E-state index contributed by atoms with van der Waals surface area (Å²) >= 11 is 0. The first kappa shape index (κ1) is 35.4. The highest BCUT2D eigenvalue weighted by molar-refractivity contribution is 7.89. The van der Waals surface area contributed by atoms with Crippen LogP contribution in [0.25, 0.3) is 0 Å². The Kier molecular flexibility index (Phi) is 13.2. The van der Waals surface area contributed by atoms with E-state index >= 15 is 0 Å². The number of carbonyl (C=O) groups is 2. The summed E-state index contributed by atoms with van der Waals surface area (Å²) in [7, 11) is 1.26. The second-order valence-corrected chi connectivity index (χ2v) is 14.7. The van der Waals surface area contributed by atoms with Gasteiger partial charge in [0.1, 0.15) is 6.04 Å². The largest absolute Gasteiger partial charge is 0.390 e. The summed E-state index contributed by atoms with van der Waals surface area (Å²) < 4.78 is 28.7. The third kappa shape index (κ3) is 10.5. The molecule has 0 aliphatic rings. The van der Waals surface area contributed by atoms with E-state index in [1.165, 1.54) is 9.21 Å². The van der Waals surface area contributed by atoms with Gasteiger partial charge in [-0.25, -0.2) is 8.42 Å². The molecule has 0 aliphatic carbocycles. The van der Waals surface area contributed by atoms with Gasteiger partial charge in [-0.2, -0.15) is 4.31 Å². The highest BCUT2D eigenvalue weighted by atomic mass is 32.2. The maximum Gasteiger partial charge on any atom is 0.245 e. The maximum atomic E-state index is 14.0. The van der Waals surface area contributed by atoms with E-state index in [0.29, 0.717) is 12.8 Å². The zero-order valence-corrected chi connectivity index (χ0v) is 27.3. The number of aliphatic hydroxyl groups excluding tert-OH is 1. The third-order valence-corrected chi connectivity index (χ3v) is 9.06. The van der Waals surface area contributed by atoms with Crippen molar-refractivity contribution in [1.29, 1.82) is 0 Å². The Morgan fingerprint density at radius 2 is 1.48 bits per heavy atom. The van der Waals surface area contributed by atoms with Crippen molar-refractivity contribution in [2.45, 2.75) is 70.5 Å². The van der Waals surface area contributed by atoms with Crippen LogP contribution in [0.15, 0.2) is 65.6 Å². The molecule has 2 amide bonds. The lowest BCUT2D eigenvalue weighted by molar-refractivity contribution is -0.142. The summed E-state index contributed by atoms with van der Waals surface area (Å²) in [6.07, 6.45) is -0.292. The van der Waals surface area contributed by atoms with Gasteiger partial charge in [0.25, 0.3) is 0 Å². The molecule has 0 saturated heterocycles. The van der Waals surface area contributed by atoms with Crippen LogP contribution < -0.4 is 5.32 Å². The molecule has 0 radical (unpaired) electrons. The molecule has 234 valence electrons. The smallest absolute Gasteiger partial charge is 0.245 e. The van der Waals surface area contributed by atoms with Crippen LogP contribution in [0.4, 0.5) is 0 Å². The summed E-state index contributed by atoms with van der Waals surface area (Å²) in [6, 6.07) is 16.1. The SMILES string of the molecule is CC(C)CCN(C[C@@H](O)[C@H](Cc1ccccc1)N(C)C(=O)[C@@H](NC(=O)CN(C)C)C(C)(C)C)S(=O)(=O)c1ccccc1. The Morgan fingerprint density at radius 3 is 1.98 bits per heavy atom. The number of carbonyl (C=O) groups excluding carboxylic acids is 2. The summed E-state index contributed by atoms with van der Waals surface area (Å²) in [6.45, 7) is 9.84. The molecule has 0 unspecified atom stereocenters. The summed E-state index contributed by atoms with van der Waals surface area (Å²) in [4.78, 5) is 30.1. The first-order valence-electron chi connectivity index (χ1n) is 14.5. The van der Waals surface area contributed by atoms with E-state index in [0.717, 1.165) is 5.56 Å². The van der Waals surface area contributed by atoms with Gasteiger partial charge in [0.15, 0.2) is 0 Å². The van der Waals surface area contributed by atoms with Crippen molar-refractivity contribution < 1.29 is 23.1 Å². The zero-order chi connectivity index (χ0) is 31.7. The Bertz CT molecular complexity index is 1230. The maximum absolute atomic E-state index is 14.0. The van der Waals surface area contributed by atoms with Crippen molar-refractivity contribution in [2.75, 3.05) is 40.8 Å². The molecule has 0 fully saturated rings. The van der Waals surface area contributed by atoms with Gasteiger partial charge in [-0.3, -0.25) is 9.59 Å². The molecule has 2 N–H and O–H groups in total. The van der Waals surface area contributed by atoms with Gasteiger partial charge < -0.3 is 20.2 Å². The van der Waals surface area contributed by atoms with Crippen LogP contribution in [-0.2, 0) is 26.0 Å². The van der Waals surface area contributed by atoms with E-state index in [2.05, 4.69) is 5.32 Å². The van der Waals surface area contributed by atoms with Crippen molar-refractivity contribution in [3.05, 3.63) is 66.2 Å². The Morgan fingerprint density at radius 1 is 0.929 bits per heavy atom. The van der Waals surface area contributed by atoms with E-state index in [1.807, 2.05) is 65.0 Å². The number of rotatable bonds is 15. The molecule has 3 atom stereocenters. The van der Waals surface area contributed by atoms with Gasteiger partial charge in [0.05, 0.1) is 23.6 Å². The lowest BCUT2D eigenvalue weighted by Gasteiger charge is -2.39. The number of likely N-dealkylation sites (N-methyl/N-ethyl adjacent to an activating group) is 2. The fourth-order valence-corrected chi connectivity index (χ4v) is 6.17. The molecule has 2 rings (SSSR count). The van der Waals surface area contributed by atoms with Crippen molar-refractivity contribution in [2.24, 2.45) is 11.3 Å². The van der Waals surface area contributed by atoms with E-state index in [1.54, 1.807) is 56.4 Å². The number of benzene rings is 2. The van der Waals surface area contributed by atoms with Crippen LogP contribution in [-0.4, -0.2) is 98.4 Å². The number of hydrogen-bond donors (Lipinski definition) is 2. The molecule has 9 nitrogen and oxygen atoms in total. The van der Waals surface area contributed by atoms with Gasteiger partial charge in [-0.15, -0.1) is 0 Å². The van der Waals surface area contributed by atoms with Crippen LogP contribution in [0.3, 0.4) is 0 Å². The van der Waals surface area contributed by atoms with Crippen LogP contribution in [0, 0.1) is 11.3 Å². The second kappa shape index (κ2) is 15.6. The molecule has 0 saturated carbocycles. The van der Waals surface area contributed by atoms with Crippen LogP contribution in [0.5, 0.6) is 0 Å². The predicted octanol–water partition coefficient (Wildman–Crippen LogP) is 3.25. The molecule has 0 spiro atoms. The average molecular weight is 603 g/mol. The Balaban J connectivity index is 2.46. The van der Waals surface area contributed by atoms with Gasteiger partial charge in [0, 0.05) is 20.1 Å². The van der Waals surface area contributed by atoms with E-state index in [9.17, 15) is 23.1 Å². The minimum absolute atomic E-state index is 0.127. The topological polar surface area (TPSA) is 110 Å². The molecule has 0 heterocycles. The molecule has 0 bridgehead atoms. The summed E-state index contributed by atoms with van der Waals surface area (Å²) in [5.41, 5.74) is 0.278. The summed E-state index contributed by atoms with van der Waals surface area (Å²) in [5, 5.41) is 14.6. The molecular weight excluding hydrogens is 552 g/mol. The van der Waals surface area contributed by atoms with Crippen molar-refractivity contribution in [1.82, 2.24) is 19.4 Å². The first-order chi connectivity index (χ1) is 19.5. The number of nitrogens with one attached hydrogen (secondary N) is 1. The van der Waals surface area contributed by atoms with Crippen molar-refractivity contribution >= 4 is 21.8 Å². The molecule has 10 heteroatoms. The monoisotopic (exact) mass is 602 g/mol. The van der Waals surface area contributed by atoms with Crippen LogP contribution in [0.1, 0.15) is 46.6 Å². The molecule has 42 heavy (non-hydrogen) atoms. The standard InChI is InChI=1S/C32H50N4O5S/c1-24(2)19-20-36(42(40,41)26-17-13-10-14-18-26)22-28(37)27(21-25-15-11-9-12-16-25)35(8)31(39)30(32(3,4)5)33-29(38)23-34(6)7/h9-18,24,27-28,30,37H,19-23H2,1-8H3,(H,33,38)/t27-,28+,30+/m0/s1. The van der Waals surface area contributed by atoms with E-state index in [-0.39, 0.29) is 42.3 Å². The zero-order valence-electron chi connectivity index (χ0n) is 26.4. The van der Waals surface area contributed by atoms with Crippen molar-refractivity contribution in [3.63, 3.8) is 0 Å². The highest BCUT2D eigenvalue weighted by Crippen LogP contribution is 2.25. The quantitative estimate of drug-likeness (QED) is 0.324. The molecule has 2 aromatic rings.